The molecule has 1 aromatic heterocycles. The van der Waals surface area contributed by atoms with Gasteiger partial charge in [0, 0.05) is 12.1 Å². The van der Waals surface area contributed by atoms with Gasteiger partial charge in [-0.25, -0.2) is 9.18 Å². The van der Waals surface area contributed by atoms with Crippen LogP contribution < -0.4 is 4.74 Å². The number of hydrogen-bond acceptors (Lipinski definition) is 4. The Morgan fingerprint density at radius 1 is 1.50 bits per heavy atom. The van der Waals surface area contributed by atoms with Crippen molar-refractivity contribution in [1.82, 2.24) is 5.16 Å². The fourth-order valence-corrected chi connectivity index (χ4v) is 1.46. The topological polar surface area (TPSA) is 72.6 Å². The van der Waals surface area contributed by atoms with E-state index in [9.17, 15) is 9.18 Å². The zero-order valence-corrected chi connectivity index (χ0v) is 9.51. The van der Waals surface area contributed by atoms with Crippen molar-refractivity contribution in [2.24, 2.45) is 0 Å². The Labute approximate surface area is 102 Å². The minimum absolute atomic E-state index is 0.0629. The summed E-state index contributed by atoms with van der Waals surface area (Å²) >= 11 is 0. The molecule has 0 saturated heterocycles. The molecule has 0 atom stereocenters. The van der Waals surface area contributed by atoms with E-state index in [0.29, 0.717) is 12.4 Å². The lowest BCUT2D eigenvalue weighted by Crippen LogP contribution is -1.94. The van der Waals surface area contributed by atoms with Gasteiger partial charge in [-0.1, -0.05) is 5.16 Å². The number of rotatable bonds is 4. The van der Waals surface area contributed by atoms with Crippen LogP contribution in [0.5, 0.6) is 5.75 Å². The molecule has 0 bridgehead atoms. The molecule has 2 aromatic rings. The van der Waals surface area contributed by atoms with Crippen LogP contribution in [0.4, 0.5) is 4.39 Å². The van der Waals surface area contributed by atoms with E-state index in [-0.39, 0.29) is 17.0 Å². The third-order valence-corrected chi connectivity index (χ3v) is 2.25. The van der Waals surface area contributed by atoms with Crippen LogP contribution >= 0.6 is 0 Å². The molecule has 2 rings (SSSR count). The molecule has 0 aliphatic rings. The van der Waals surface area contributed by atoms with Gasteiger partial charge in [-0.3, -0.25) is 0 Å². The van der Waals surface area contributed by atoms with Crippen molar-refractivity contribution < 1.29 is 23.6 Å². The minimum Gasteiger partial charge on any atom is -0.494 e. The van der Waals surface area contributed by atoms with Gasteiger partial charge in [-0.2, -0.15) is 0 Å². The number of hydrogen-bond donors (Lipinski definition) is 1. The second kappa shape index (κ2) is 4.87. The highest BCUT2D eigenvalue weighted by Crippen LogP contribution is 2.26. The van der Waals surface area contributed by atoms with Crippen LogP contribution in [0.25, 0.3) is 11.3 Å². The quantitative estimate of drug-likeness (QED) is 0.904. The van der Waals surface area contributed by atoms with Crippen molar-refractivity contribution in [1.29, 1.82) is 0 Å². The Morgan fingerprint density at radius 2 is 2.28 bits per heavy atom. The predicted octanol–water partition coefficient (Wildman–Crippen LogP) is 2.58. The maximum atomic E-state index is 13.8. The van der Waals surface area contributed by atoms with Crippen molar-refractivity contribution in [2.75, 3.05) is 6.61 Å². The largest absolute Gasteiger partial charge is 0.494 e. The zero-order valence-electron chi connectivity index (χ0n) is 9.51. The number of ether oxygens (including phenoxy) is 1. The van der Waals surface area contributed by atoms with Crippen LogP contribution in [0.15, 0.2) is 28.8 Å². The van der Waals surface area contributed by atoms with Crippen LogP contribution in [0, 0.1) is 5.82 Å². The number of carboxylic acids is 1. The molecular weight excluding hydrogens is 241 g/mol. The molecule has 0 aliphatic carbocycles. The zero-order chi connectivity index (χ0) is 13.1. The van der Waals surface area contributed by atoms with Gasteiger partial charge in [-0.15, -0.1) is 0 Å². The predicted molar refractivity (Wildman–Crippen MR) is 60.0 cm³/mol. The lowest BCUT2D eigenvalue weighted by molar-refractivity contribution is 0.0686. The van der Waals surface area contributed by atoms with E-state index in [1.54, 1.807) is 13.0 Å². The maximum absolute atomic E-state index is 13.8. The van der Waals surface area contributed by atoms with Gasteiger partial charge in [-0.05, 0) is 19.1 Å². The smallest absolute Gasteiger partial charge is 0.358 e. The number of aromatic carboxylic acids is 1. The molecule has 5 nitrogen and oxygen atoms in total. The first-order valence-corrected chi connectivity index (χ1v) is 5.24. The molecule has 0 aliphatic heterocycles. The molecule has 1 heterocycles. The first-order valence-electron chi connectivity index (χ1n) is 5.24. The molecule has 94 valence electrons. The van der Waals surface area contributed by atoms with E-state index in [4.69, 9.17) is 14.4 Å². The van der Waals surface area contributed by atoms with E-state index in [1.165, 1.54) is 18.2 Å². The highest BCUT2D eigenvalue weighted by atomic mass is 19.1. The first kappa shape index (κ1) is 12.1. The number of carbonyl (C=O) groups is 1. The van der Waals surface area contributed by atoms with E-state index in [1.807, 2.05) is 0 Å². The summed E-state index contributed by atoms with van der Waals surface area (Å²) < 4.78 is 23.7. The SMILES string of the molecule is CCOc1ccc(-c2cc(C(=O)O)no2)c(F)c1. The monoisotopic (exact) mass is 251 g/mol. The molecule has 0 amide bonds. The standard InChI is InChI=1S/C12H10FNO4/c1-2-17-7-3-4-8(9(13)5-7)11-6-10(12(15)16)14-18-11/h3-6H,2H2,1H3,(H,15,16). The summed E-state index contributed by atoms with van der Waals surface area (Å²) in [5, 5.41) is 12.0. The summed E-state index contributed by atoms with van der Waals surface area (Å²) in [5.74, 6) is -1.32. The molecule has 6 heteroatoms. The average molecular weight is 251 g/mol. The van der Waals surface area contributed by atoms with Crippen molar-refractivity contribution in [3.05, 3.63) is 35.8 Å². The molecule has 0 radical (unpaired) electrons. The number of nitrogens with zero attached hydrogens (tertiary/aromatic N) is 1. The fourth-order valence-electron chi connectivity index (χ4n) is 1.46. The van der Waals surface area contributed by atoms with E-state index in [0.717, 1.165) is 0 Å². The van der Waals surface area contributed by atoms with Crippen LogP contribution in [0.1, 0.15) is 17.4 Å². The van der Waals surface area contributed by atoms with Crippen LogP contribution in [0.2, 0.25) is 0 Å². The van der Waals surface area contributed by atoms with Crippen molar-refractivity contribution >= 4 is 5.97 Å². The molecule has 1 N–H and O–H groups in total. The molecule has 1 aromatic carbocycles. The lowest BCUT2D eigenvalue weighted by atomic mass is 10.1. The summed E-state index contributed by atoms with van der Waals surface area (Å²) in [6.07, 6.45) is 0. The number of aromatic nitrogens is 1. The van der Waals surface area contributed by atoms with Gasteiger partial charge in [0.2, 0.25) is 0 Å². The molecule has 0 saturated carbocycles. The molecule has 0 spiro atoms. The van der Waals surface area contributed by atoms with E-state index < -0.39 is 11.8 Å². The molecule has 0 unspecified atom stereocenters. The average Bonchev–Trinajstić information content (AvgIpc) is 2.79. The Kier molecular flexibility index (Phi) is 3.27. The second-order valence-corrected chi connectivity index (χ2v) is 3.46. The first-order chi connectivity index (χ1) is 8.61. The van der Waals surface area contributed by atoms with Crippen LogP contribution in [-0.2, 0) is 0 Å². The Morgan fingerprint density at radius 3 is 2.83 bits per heavy atom. The van der Waals surface area contributed by atoms with Crippen molar-refractivity contribution in [3.63, 3.8) is 0 Å². The molecule has 18 heavy (non-hydrogen) atoms. The third-order valence-electron chi connectivity index (χ3n) is 2.25. The highest BCUT2D eigenvalue weighted by Gasteiger charge is 2.15. The van der Waals surface area contributed by atoms with Crippen LogP contribution in [-0.4, -0.2) is 22.8 Å². The van der Waals surface area contributed by atoms with Crippen LogP contribution in [0.3, 0.4) is 0 Å². The maximum Gasteiger partial charge on any atom is 0.358 e. The number of benzene rings is 1. The fraction of sp³-hybridized carbons (Fsp3) is 0.167. The Balaban J connectivity index is 2.35. The third kappa shape index (κ3) is 2.32. The summed E-state index contributed by atoms with van der Waals surface area (Å²) in [4.78, 5) is 10.6. The summed E-state index contributed by atoms with van der Waals surface area (Å²) in [5.41, 5.74) is -0.128. The normalized spacial score (nSPS) is 10.3. The number of carboxylic acid groups (broad SMARTS) is 1. The minimum atomic E-state index is -1.23. The van der Waals surface area contributed by atoms with Gasteiger partial charge >= 0.3 is 5.97 Å². The van der Waals surface area contributed by atoms with Crippen molar-refractivity contribution in [2.45, 2.75) is 6.92 Å². The van der Waals surface area contributed by atoms with Gasteiger partial charge in [0.15, 0.2) is 11.5 Å². The van der Waals surface area contributed by atoms with Gasteiger partial charge < -0.3 is 14.4 Å². The van der Waals surface area contributed by atoms with Crippen molar-refractivity contribution in [3.8, 4) is 17.1 Å². The van der Waals surface area contributed by atoms with Gasteiger partial charge in [0.1, 0.15) is 11.6 Å². The highest BCUT2D eigenvalue weighted by molar-refractivity contribution is 5.86. The summed E-state index contributed by atoms with van der Waals surface area (Å²) in [6.45, 7) is 2.23. The Hall–Kier alpha value is -2.37. The number of halogens is 1. The second-order valence-electron chi connectivity index (χ2n) is 3.46. The van der Waals surface area contributed by atoms with E-state index in [2.05, 4.69) is 5.16 Å². The summed E-state index contributed by atoms with van der Waals surface area (Å²) in [6, 6.07) is 5.40. The Bertz CT molecular complexity index is 579. The van der Waals surface area contributed by atoms with Gasteiger partial charge in [0.05, 0.1) is 12.2 Å². The lowest BCUT2D eigenvalue weighted by Gasteiger charge is -2.04. The summed E-state index contributed by atoms with van der Waals surface area (Å²) in [7, 11) is 0. The molecule has 0 fully saturated rings. The van der Waals surface area contributed by atoms with E-state index >= 15 is 0 Å². The van der Waals surface area contributed by atoms with Gasteiger partial charge in [0.25, 0.3) is 0 Å². The molecular formula is C12H10FNO4.